The van der Waals surface area contributed by atoms with Crippen molar-refractivity contribution in [1.82, 2.24) is 10.9 Å². The van der Waals surface area contributed by atoms with E-state index in [1.807, 2.05) is 0 Å². The number of primary amides is 1. The molecule has 0 aromatic carbocycles. The molecule has 0 fully saturated rings. The van der Waals surface area contributed by atoms with E-state index >= 15 is 0 Å². The highest BCUT2D eigenvalue weighted by molar-refractivity contribution is 5.82. The first-order chi connectivity index (χ1) is 6.72. The Hall–Kier alpha value is -1.51. The number of alkyl halides is 3. The number of carbonyl (C=O) groups is 2. The largest absolute Gasteiger partial charge is 0.437 e. The SMILES string of the molecule is C[C@@H](OC(N)=O)C(=O)NNCC(F)(F)F. The molecule has 0 saturated heterocycles. The molecular weight excluding hydrogens is 219 g/mol. The van der Waals surface area contributed by atoms with Crippen molar-refractivity contribution in [1.29, 1.82) is 0 Å². The Morgan fingerprint density at radius 3 is 2.40 bits per heavy atom. The Morgan fingerprint density at radius 1 is 1.47 bits per heavy atom. The number of hydrogen-bond donors (Lipinski definition) is 3. The maximum Gasteiger partial charge on any atom is 0.405 e. The third-order valence-corrected chi connectivity index (χ3v) is 1.16. The molecule has 0 aromatic rings. The molecule has 0 heterocycles. The van der Waals surface area contributed by atoms with Crippen LogP contribution in [0.5, 0.6) is 0 Å². The molecule has 9 heteroatoms. The van der Waals surface area contributed by atoms with E-state index in [2.05, 4.69) is 10.5 Å². The first kappa shape index (κ1) is 13.5. The monoisotopic (exact) mass is 229 g/mol. The first-order valence-electron chi connectivity index (χ1n) is 3.78. The zero-order chi connectivity index (χ0) is 12.1. The van der Waals surface area contributed by atoms with E-state index in [0.717, 1.165) is 6.92 Å². The molecule has 4 N–H and O–H groups in total. The lowest BCUT2D eigenvalue weighted by atomic mass is 10.4. The van der Waals surface area contributed by atoms with Crippen molar-refractivity contribution in [2.24, 2.45) is 5.73 Å². The molecule has 0 aliphatic heterocycles. The molecule has 2 amide bonds. The summed E-state index contributed by atoms with van der Waals surface area (Å²) in [7, 11) is 0. The van der Waals surface area contributed by atoms with Crippen molar-refractivity contribution >= 4 is 12.0 Å². The summed E-state index contributed by atoms with van der Waals surface area (Å²) in [5.74, 6) is -0.932. The number of ether oxygens (including phenoxy) is 1. The summed E-state index contributed by atoms with van der Waals surface area (Å²) in [5.41, 5.74) is 7.91. The lowest BCUT2D eigenvalue weighted by Crippen LogP contribution is -2.47. The molecule has 0 radical (unpaired) electrons. The van der Waals surface area contributed by atoms with Crippen LogP contribution in [0.4, 0.5) is 18.0 Å². The third kappa shape index (κ3) is 7.55. The van der Waals surface area contributed by atoms with Crippen molar-refractivity contribution in [3.63, 3.8) is 0 Å². The molecule has 6 nitrogen and oxygen atoms in total. The van der Waals surface area contributed by atoms with Gasteiger partial charge in [0.2, 0.25) is 0 Å². The van der Waals surface area contributed by atoms with Gasteiger partial charge in [-0.05, 0) is 6.92 Å². The predicted octanol–water partition coefficient (Wildman–Crippen LogP) is -0.347. The Balaban J connectivity index is 3.79. The fourth-order valence-electron chi connectivity index (χ4n) is 0.561. The minimum atomic E-state index is -4.44. The lowest BCUT2D eigenvalue weighted by molar-refractivity contribution is -0.136. The second-order valence-electron chi connectivity index (χ2n) is 2.54. The van der Waals surface area contributed by atoms with Crippen LogP contribution in [-0.2, 0) is 9.53 Å². The van der Waals surface area contributed by atoms with Gasteiger partial charge in [0.05, 0.1) is 0 Å². The normalized spacial score (nSPS) is 13.1. The number of carbonyl (C=O) groups excluding carboxylic acids is 2. The molecule has 0 aliphatic carbocycles. The van der Waals surface area contributed by atoms with E-state index in [0.29, 0.717) is 0 Å². The molecule has 0 bridgehead atoms. The van der Waals surface area contributed by atoms with E-state index in [1.165, 1.54) is 0 Å². The van der Waals surface area contributed by atoms with Gasteiger partial charge in [0, 0.05) is 0 Å². The van der Waals surface area contributed by atoms with Crippen LogP contribution in [0, 0.1) is 0 Å². The molecule has 0 saturated carbocycles. The van der Waals surface area contributed by atoms with Crippen molar-refractivity contribution < 1.29 is 27.5 Å². The van der Waals surface area contributed by atoms with Crippen LogP contribution in [0.25, 0.3) is 0 Å². The molecule has 0 rings (SSSR count). The van der Waals surface area contributed by atoms with Crippen molar-refractivity contribution in [2.45, 2.75) is 19.2 Å². The maximum absolute atomic E-state index is 11.6. The van der Waals surface area contributed by atoms with E-state index in [-0.39, 0.29) is 0 Å². The zero-order valence-electron chi connectivity index (χ0n) is 7.72. The van der Waals surface area contributed by atoms with Gasteiger partial charge >= 0.3 is 12.3 Å². The van der Waals surface area contributed by atoms with Crippen LogP contribution in [0.2, 0.25) is 0 Å². The molecule has 0 spiro atoms. The number of nitrogens with one attached hydrogen (secondary N) is 2. The van der Waals surface area contributed by atoms with Crippen molar-refractivity contribution in [3.8, 4) is 0 Å². The standard InChI is InChI=1S/C6H10F3N3O3/c1-3(15-5(10)14)4(13)12-11-2-6(7,8)9/h3,11H,2H2,1H3,(H2,10,14)(H,12,13)/t3-/m1/s1. The number of hydrogen-bond acceptors (Lipinski definition) is 4. The van der Waals surface area contributed by atoms with Crippen LogP contribution in [0.15, 0.2) is 0 Å². The summed E-state index contributed by atoms with van der Waals surface area (Å²) < 4.78 is 39.0. The first-order valence-corrected chi connectivity index (χ1v) is 3.78. The molecule has 0 aliphatic rings. The Labute approximate surface area is 82.9 Å². The molecule has 0 aromatic heterocycles. The summed E-state index contributed by atoms with van der Waals surface area (Å²) in [4.78, 5) is 21.1. The summed E-state index contributed by atoms with van der Waals surface area (Å²) >= 11 is 0. The fraction of sp³-hybridized carbons (Fsp3) is 0.667. The number of nitrogens with two attached hydrogens (primary N) is 1. The number of amides is 2. The molecule has 15 heavy (non-hydrogen) atoms. The predicted molar refractivity (Wildman–Crippen MR) is 42.3 cm³/mol. The smallest absolute Gasteiger partial charge is 0.405 e. The van der Waals surface area contributed by atoms with Gasteiger partial charge < -0.3 is 10.5 Å². The Bertz CT molecular complexity index is 244. The highest BCUT2D eigenvalue weighted by atomic mass is 19.4. The van der Waals surface area contributed by atoms with Crippen LogP contribution in [0.3, 0.4) is 0 Å². The van der Waals surface area contributed by atoms with Gasteiger partial charge in [0.15, 0.2) is 6.10 Å². The highest BCUT2D eigenvalue weighted by Gasteiger charge is 2.27. The van der Waals surface area contributed by atoms with Crippen molar-refractivity contribution in [2.75, 3.05) is 6.54 Å². The van der Waals surface area contributed by atoms with Gasteiger partial charge in [0.1, 0.15) is 6.54 Å². The summed E-state index contributed by atoms with van der Waals surface area (Å²) in [6, 6.07) is 0. The number of halogens is 3. The lowest BCUT2D eigenvalue weighted by Gasteiger charge is -2.13. The molecule has 88 valence electrons. The van der Waals surface area contributed by atoms with Gasteiger partial charge in [-0.3, -0.25) is 10.2 Å². The van der Waals surface area contributed by atoms with Gasteiger partial charge in [-0.2, -0.15) is 13.2 Å². The maximum atomic E-state index is 11.6. The zero-order valence-corrected chi connectivity index (χ0v) is 7.72. The van der Waals surface area contributed by atoms with Crippen LogP contribution in [-0.4, -0.2) is 30.8 Å². The van der Waals surface area contributed by atoms with Gasteiger partial charge in [-0.25, -0.2) is 10.2 Å². The third-order valence-electron chi connectivity index (χ3n) is 1.16. The van der Waals surface area contributed by atoms with E-state index < -0.39 is 30.8 Å². The van der Waals surface area contributed by atoms with E-state index in [4.69, 9.17) is 0 Å². The van der Waals surface area contributed by atoms with Crippen LogP contribution < -0.4 is 16.6 Å². The van der Waals surface area contributed by atoms with Gasteiger partial charge in [-0.1, -0.05) is 0 Å². The topological polar surface area (TPSA) is 93.5 Å². The highest BCUT2D eigenvalue weighted by Crippen LogP contribution is 2.11. The van der Waals surface area contributed by atoms with E-state index in [1.54, 1.807) is 10.9 Å². The van der Waals surface area contributed by atoms with Crippen molar-refractivity contribution in [3.05, 3.63) is 0 Å². The second-order valence-corrected chi connectivity index (χ2v) is 2.54. The summed E-state index contributed by atoms with van der Waals surface area (Å²) in [5, 5.41) is 0. The van der Waals surface area contributed by atoms with Gasteiger partial charge in [-0.15, -0.1) is 0 Å². The number of rotatable bonds is 4. The summed E-state index contributed by atoms with van der Waals surface area (Å²) in [6.07, 6.45) is -6.89. The van der Waals surface area contributed by atoms with Gasteiger partial charge in [0.25, 0.3) is 5.91 Å². The Kier molecular flexibility index (Phi) is 4.85. The molecule has 0 unspecified atom stereocenters. The van der Waals surface area contributed by atoms with Crippen LogP contribution >= 0.6 is 0 Å². The summed E-state index contributed by atoms with van der Waals surface area (Å²) in [6.45, 7) is -0.225. The Morgan fingerprint density at radius 2 is 2.00 bits per heavy atom. The average Bonchev–Trinajstić information content (AvgIpc) is 2.00. The molecular formula is C6H10F3N3O3. The average molecular weight is 229 g/mol. The van der Waals surface area contributed by atoms with Crippen LogP contribution in [0.1, 0.15) is 6.92 Å². The van der Waals surface area contributed by atoms with E-state index in [9.17, 15) is 22.8 Å². The fourth-order valence-corrected chi connectivity index (χ4v) is 0.561. The second kappa shape index (κ2) is 5.39. The minimum Gasteiger partial charge on any atom is -0.437 e. The number of hydrazine groups is 1. The minimum absolute atomic E-state index is 0.932. The molecule has 1 atom stereocenters. The quantitative estimate of drug-likeness (QED) is 0.574.